The Kier molecular flexibility index (Phi) is 4.20. The number of aliphatic imine (C=N–C) groups is 1. The van der Waals surface area contributed by atoms with E-state index in [0.717, 1.165) is 0 Å². The second-order valence-electron chi connectivity index (χ2n) is 0.369. The summed E-state index contributed by atoms with van der Waals surface area (Å²) in [6, 6.07) is 0. The molecule has 0 radical (unpaired) electrons. The van der Waals surface area contributed by atoms with E-state index in [9.17, 15) is 0 Å². The summed E-state index contributed by atoms with van der Waals surface area (Å²) >= 11 is 1.96. The van der Waals surface area contributed by atoms with E-state index in [1.807, 2.05) is 22.6 Å². The molecule has 0 rings (SSSR count). The molecule has 0 aromatic rings. The van der Waals surface area contributed by atoms with Gasteiger partial charge in [0.1, 0.15) is 4.55 Å². The van der Waals surface area contributed by atoms with Crippen molar-refractivity contribution in [3.8, 4) is 0 Å². The van der Waals surface area contributed by atoms with Crippen LogP contribution in [-0.2, 0) is 4.79 Å². The highest BCUT2D eigenvalue weighted by Gasteiger charge is 1.54. The molecule has 0 aromatic carbocycles. The van der Waals surface area contributed by atoms with E-state index in [1.165, 1.54) is 6.08 Å². The van der Waals surface area contributed by atoms with Gasteiger partial charge in [-0.15, -0.1) is 0 Å². The lowest BCUT2D eigenvalue weighted by Gasteiger charge is -1.56. The van der Waals surface area contributed by atoms with Gasteiger partial charge < -0.3 is 0 Å². The number of nitrogens with zero attached hydrogens (tertiary/aromatic N) is 1. The van der Waals surface area contributed by atoms with Gasteiger partial charge in [0.15, 0.2) is 0 Å². The number of hydrogen-bond acceptors (Lipinski definition) is 2. The molecule has 0 unspecified atom stereocenters. The van der Waals surface area contributed by atoms with Crippen LogP contribution in [0.2, 0.25) is 0 Å². The van der Waals surface area contributed by atoms with E-state index < -0.39 is 0 Å². The molecule has 2 nitrogen and oxygen atoms in total. The number of halogens is 1. The molecule has 0 aliphatic carbocycles. The monoisotopic (exact) mass is 183 g/mol. The minimum atomic E-state index is 0.515. The van der Waals surface area contributed by atoms with Gasteiger partial charge in [-0.1, -0.05) is 22.6 Å². The van der Waals surface area contributed by atoms with Gasteiger partial charge >= 0.3 is 0 Å². The Labute approximate surface area is 43.4 Å². The molecule has 0 aromatic heterocycles. The van der Waals surface area contributed by atoms with Gasteiger partial charge in [0.25, 0.3) is 0 Å². The summed E-state index contributed by atoms with van der Waals surface area (Å²) in [4.78, 5) is 12.3. The first-order chi connectivity index (χ1) is 2.41. The zero-order chi connectivity index (χ0) is 4.12. The van der Waals surface area contributed by atoms with Gasteiger partial charge in [0, 0.05) is 0 Å². The molecule has 0 spiro atoms. The summed E-state index contributed by atoms with van der Waals surface area (Å²) < 4.78 is 0.515. The van der Waals surface area contributed by atoms with E-state index in [0.29, 0.717) is 4.55 Å². The van der Waals surface area contributed by atoms with Gasteiger partial charge in [0.2, 0.25) is 6.08 Å². The van der Waals surface area contributed by atoms with Crippen molar-refractivity contribution in [1.82, 2.24) is 0 Å². The average Bonchev–Trinajstić information content (AvgIpc) is 1.41. The highest BCUT2D eigenvalue weighted by Crippen LogP contribution is 1.75. The molecular formula is C2H2INO. The highest BCUT2D eigenvalue weighted by molar-refractivity contribution is 14.1. The van der Waals surface area contributed by atoms with Crippen LogP contribution in [0.25, 0.3) is 0 Å². The Balaban J connectivity index is 2.93. The molecule has 0 heterocycles. The lowest BCUT2D eigenvalue weighted by atomic mass is 11.4. The molecule has 0 aliphatic rings. The van der Waals surface area contributed by atoms with E-state index in [2.05, 4.69) is 4.99 Å². The van der Waals surface area contributed by atoms with E-state index in [4.69, 9.17) is 4.79 Å². The minimum Gasteiger partial charge on any atom is -0.211 e. The van der Waals surface area contributed by atoms with Crippen LogP contribution >= 0.6 is 22.6 Å². The first-order valence-corrected chi connectivity index (χ1v) is 2.54. The summed E-state index contributed by atoms with van der Waals surface area (Å²) in [5.41, 5.74) is 0. The van der Waals surface area contributed by atoms with Gasteiger partial charge in [0.05, 0.1) is 0 Å². The van der Waals surface area contributed by atoms with E-state index in [-0.39, 0.29) is 0 Å². The Morgan fingerprint density at radius 2 is 2.60 bits per heavy atom. The zero-order valence-electron chi connectivity index (χ0n) is 2.44. The number of isocyanates is 1. The number of rotatable bonds is 1. The van der Waals surface area contributed by atoms with Gasteiger partial charge in [-0.3, -0.25) is 0 Å². The lowest BCUT2D eigenvalue weighted by Crippen LogP contribution is -1.51. The third-order valence-corrected chi connectivity index (χ3v) is 0.465. The van der Waals surface area contributed by atoms with E-state index in [1.54, 1.807) is 0 Å². The van der Waals surface area contributed by atoms with Crippen molar-refractivity contribution in [3.05, 3.63) is 0 Å². The predicted octanol–water partition coefficient (Wildman–Crippen LogP) is 0.715. The number of hydrogen-bond donors (Lipinski definition) is 0. The number of alkyl halides is 1. The summed E-state index contributed by atoms with van der Waals surface area (Å²) in [6.45, 7) is 0. The molecule has 0 saturated carbocycles. The van der Waals surface area contributed by atoms with Crippen LogP contribution in [0.15, 0.2) is 4.99 Å². The molecule has 0 atom stereocenters. The van der Waals surface area contributed by atoms with Crippen molar-refractivity contribution in [2.24, 2.45) is 4.99 Å². The maximum Gasteiger partial charge on any atom is 0.235 e. The molecule has 0 aliphatic heterocycles. The SMILES string of the molecule is O=C=NCI. The molecule has 0 amide bonds. The first-order valence-electron chi connectivity index (χ1n) is 1.01. The molecule has 0 fully saturated rings. The fraction of sp³-hybridized carbons (Fsp3) is 0.500. The molecule has 0 N–H and O–H groups in total. The fourth-order valence-electron chi connectivity index (χ4n) is 0.0244. The van der Waals surface area contributed by atoms with Gasteiger partial charge in [-0.25, -0.2) is 4.79 Å². The minimum absolute atomic E-state index is 0.515. The fourth-order valence-corrected chi connectivity index (χ4v) is 0.164. The van der Waals surface area contributed by atoms with Crippen LogP contribution in [-0.4, -0.2) is 10.6 Å². The molecule has 0 saturated heterocycles. The third kappa shape index (κ3) is 4.11. The Morgan fingerprint density at radius 1 is 2.00 bits per heavy atom. The standard InChI is InChI=1S/C2H2INO/c3-1-4-2-5/h1H2. The number of carbonyl (C=O) groups excluding carboxylic acids is 1. The molecule has 3 heteroatoms. The van der Waals surface area contributed by atoms with Gasteiger partial charge in [-0.05, 0) is 0 Å². The van der Waals surface area contributed by atoms with Crippen LogP contribution in [0.1, 0.15) is 0 Å². The molecule has 0 bridgehead atoms. The van der Waals surface area contributed by atoms with Crippen LogP contribution in [0.5, 0.6) is 0 Å². The summed E-state index contributed by atoms with van der Waals surface area (Å²) in [7, 11) is 0. The highest BCUT2D eigenvalue weighted by atomic mass is 127. The smallest absolute Gasteiger partial charge is 0.211 e. The largest absolute Gasteiger partial charge is 0.235 e. The van der Waals surface area contributed by atoms with Crippen LogP contribution in [0, 0.1) is 0 Å². The maximum atomic E-state index is 9.11. The van der Waals surface area contributed by atoms with Crippen molar-refractivity contribution < 1.29 is 4.79 Å². The topological polar surface area (TPSA) is 29.4 Å². The molecule has 28 valence electrons. The van der Waals surface area contributed by atoms with Crippen molar-refractivity contribution in [2.75, 3.05) is 4.55 Å². The van der Waals surface area contributed by atoms with Gasteiger partial charge in [-0.2, -0.15) is 4.99 Å². The third-order valence-electron chi connectivity index (χ3n) is 0.124. The Bertz CT molecular complexity index is 56.7. The van der Waals surface area contributed by atoms with Crippen molar-refractivity contribution in [3.63, 3.8) is 0 Å². The zero-order valence-corrected chi connectivity index (χ0v) is 4.60. The second-order valence-corrected chi connectivity index (χ2v) is 1.05. The Morgan fingerprint density at radius 3 is 2.60 bits per heavy atom. The average molecular weight is 183 g/mol. The van der Waals surface area contributed by atoms with Crippen LogP contribution in [0.3, 0.4) is 0 Å². The summed E-state index contributed by atoms with van der Waals surface area (Å²) in [5, 5.41) is 0. The van der Waals surface area contributed by atoms with Crippen molar-refractivity contribution in [1.29, 1.82) is 0 Å². The lowest BCUT2D eigenvalue weighted by molar-refractivity contribution is 0.564. The normalized spacial score (nSPS) is 5.80. The van der Waals surface area contributed by atoms with Crippen LogP contribution < -0.4 is 0 Å². The van der Waals surface area contributed by atoms with Crippen molar-refractivity contribution >= 4 is 28.7 Å². The van der Waals surface area contributed by atoms with Crippen LogP contribution in [0.4, 0.5) is 0 Å². The molecular weight excluding hydrogens is 181 g/mol. The Hall–Kier alpha value is 0.110. The molecule has 5 heavy (non-hydrogen) atoms. The summed E-state index contributed by atoms with van der Waals surface area (Å²) in [5.74, 6) is 0. The second kappa shape index (κ2) is 4.11. The first kappa shape index (κ1) is 5.11. The van der Waals surface area contributed by atoms with Crippen molar-refractivity contribution in [2.45, 2.75) is 0 Å². The quantitative estimate of drug-likeness (QED) is 0.193. The van der Waals surface area contributed by atoms with E-state index >= 15 is 0 Å². The maximum absolute atomic E-state index is 9.11. The predicted molar refractivity (Wildman–Crippen MR) is 27.0 cm³/mol. The summed E-state index contributed by atoms with van der Waals surface area (Å²) in [6.07, 6.45) is 1.38.